The third kappa shape index (κ3) is 2.92. The summed E-state index contributed by atoms with van der Waals surface area (Å²) >= 11 is 0. The molecule has 3 atom stereocenters. The van der Waals surface area contributed by atoms with Crippen LogP contribution in [0.4, 0.5) is 0 Å². The van der Waals surface area contributed by atoms with Crippen molar-refractivity contribution in [2.45, 2.75) is 50.2 Å². The molecule has 1 unspecified atom stereocenters. The van der Waals surface area contributed by atoms with Crippen LogP contribution in [0.1, 0.15) is 47.4 Å². The predicted molar refractivity (Wildman–Crippen MR) is 98.4 cm³/mol. The van der Waals surface area contributed by atoms with E-state index in [2.05, 4.69) is 58.6 Å². The maximum atomic E-state index is 11.0. The van der Waals surface area contributed by atoms with E-state index in [0.29, 0.717) is 0 Å². The van der Waals surface area contributed by atoms with Gasteiger partial charge in [0.1, 0.15) is 0 Å². The maximum absolute atomic E-state index is 11.0. The number of rotatable bonds is 2. The Hall–Kier alpha value is -2.29. The van der Waals surface area contributed by atoms with E-state index in [0.717, 1.165) is 32.1 Å². The Morgan fingerprint density at radius 2 is 1.52 bits per heavy atom. The number of aliphatic hydroxyl groups is 1. The van der Waals surface area contributed by atoms with Gasteiger partial charge in [-0.05, 0) is 59.4 Å². The minimum Gasteiger partial charge on any atom is -0.392 e. The van der Waals surface area contributed by atoms with E-state index in [1.54, 1.807) is 0 Å². The minimum absolute atomic E-state index is 0.0876. The third-order valence-electron chi connectivity index (χ3n) is 5.94. The van der Waals surface area contributed by atoms with Gasteiger partial charge in [0.05, 0.1) is 12.1 Å². The van der Waals surface area contributed by atoms with Crippen molar-refractivity contribution < 1.29 is 5.11 Å². The Morgan fingerprint density at radius 1 is 0.920 bits per heavy atom. The highest BCUT2D eigenvalue weighted by Crippen LogP contribution is 2.45. The lowest BCUT2D eigenvalue weighted by Gasteiger charge is -2.38. The number of aryl methyl sites for hydroxylation is 2. The normalized spacial score (nSPS) is 26.0. The zero-order valence-corrected chi connectivity index (χ0v) is 14.3. The number of nitrogens with zero attached hydrogens (tertiary/aromatic N) is 3. The molecule has 0 bridgehead atoms. The van der Waals surface area contributed by atoms with Crippen LogP contribution >= 0.6 is 0 Å². The summed E-state index contributed by atoms with van der Waals surface area (Å²) in [4.78, 5) is 2.96. The van der Waals surface area contributed by atoms with Gasteiger partial charge in [-0.1, -0.05) is 60.1 Å². The molecule has 4 heteroatoms. The van der Waals surface area contributed by atoms with Crippen molar-refractivity contribution in [2.24, 2.45) is 11.0 Å². The molecular formula is C21H23N3O. The highest BCUT2D eigenvalue weighted by Gasteiger charge is 2.39. The van der Waals surface area contributed by atoms with E-state index in [1.165, 1.54) is 22.3 Å². The van der Waals surface area contributed by atoms with E-state index in [-0.39, 0.29) is 17.9 Å². The number of aliphatic hydroxyl groups excluding tert-OH is 1. The van der Waals surface area contributed by atoms with E-state index in [1.807, 2.05) is 0 Å². The first-order valence-electron chi connectivity index (χ1n) is 9.17. The van der Waals surface area contributed by atoms with Gasteiger partial charge in [-0.2, -0.15) is 0 Å². The Labute approximate surface area is 148 Å². The zero-order chi connectivity index (χ0) is 17.2. The second-order valence-corrected chi connectivity index (χ2v) is 7.23. The summed E-state index contributed by atoms with van der Waals surface area (Å²) in [6, 6.07) is 16.9. The third-order valence-corrected chi connectivity index (χ3v) is 5.94. The smallest absolute Gasteiger partial charge is 0.0662 e. The first-order chi connectivity index (χ1) is 12.3. The Balaban J connectivity index is 1.83. The average molecular weight is 333 g/mol. The molecule has 0 aromatic heterocycles. The quantitative estimate of drug-likeness (QED) is 0.480. The Morgan fingerprint density at radius 3 is 2.12 bits per heavy atom. The lowest BCUT2D eigenvalue weighted by molar-refractivity contribution is 0.0435. The van der Waals surface area contributed by atoms with Gasteiger partial charge >= 0.3 is 0 Å². The number of hydrogen-bond acceptors (Lipinski definition) is 2. The first kappa shape index (κ1) is 16.2. The molecule has 1 N–H and O–H groups in total. The molecule has 4 rings (SSSR count). The van der Waals surface area contributed by atoms with Gasteiger partial charge in [0.25, 0.3) is 0 Å². The second-order valence-electron chi connectivity index (χ2n) is 7.23. The highest BCUT2D eigenvalue weighted by molar-refractivity contribution is 5.45. The lowest BCUT2D eigenvalue weighted by Crippen LogP contribution is -2.39. The van der Waals surface area contributed by atoms with Crippen molar-refractivity contribution >= 4 is 0 Å². The summed E-state index contributed by atoms with van der Waals surface area (Å²) in [5.74, 6) is 0.256. The molecule has 0 amide bonds. The summed E-state index contributed by atoms with van der Waals surface area (Å²) in [6.07, 6.45) is 4.21. The van der Waals surface area contributed by atoms with Gasteiger partial charge in [0.15, 0.2) is 0 Å². The van der Waals surface area contributed by atoms with Crippen molar-refractivity contribution in [2.75, 3.05) is 0 Å². The number of hydrogen-bond donors (Lipinski definition) is 1. The maximum Gasteiger partial charge on any atom is 0.0662 e. The number of fused-ring (bicyclic) bond motifs is 2. The molecule has 128 valence electrons. The van der Waals surface area contributed by atoms with Gasteiger partial charge in [-0.15, -0.1) is 0 Å². The Bertz CT molecular complexity index is 765. The van der Waals surface area contributed by atoms with Crippen LogP contribution in [-0.4, -0.2) is 17.3 Å². The van der Waals surface area contributed by atoms with Crippen LogP contribution in [0.3, 0.4) is 0 Å². The van der Waals surface area contributed by atoms with E-state index in [9.17, 15) is 5.11 Å². The fourth-order valence-corrected chi connectivity index (χ4v) is 4.77. The molecule has 0 radical (unpaired) electrons. The first-order valence-corrected chi connectivity index (χ1v) is 9.17. The molecule has 2 aliphatic carbocycles. The van der Waals surface area contributed by atoms with Crippen molar-refractivity contribution in [3.05, 3.63) is 81.2 Å². The molecule has 2 aromatic rings. The molecule has 0 heterocycles. The lowest BCUT2D eigenvalue weighted by atomic mass is 9.70. The van der Waals surface area contributed by atoms with Crippen LogP contribution in [0.2, 0.25) is 0 Å². The molecule has 4 nitrogen and oxygen atoms in total. The minimum atomic E-state index is -0.589. The summed E-state index contributed by atoms with van der Waals surface area (Å²) in [5, 5.41) is 14.9. The summed E-state index contributed by atoms with van der Waals surface area (Å²) in [6.45, 7) is 0. The largest absolute Gasteiger partial charge is 0.392 e. The number of benzene rings is 2. The van der Waals surface area contributed by atoms with E-state index < -0.39 is 6.10 Å². The molecule has 1 fully saturated rings. The van der Waals surface area contributed by atoms with Crippen LogP contribution in [0, 0.1) is 5.92 Å². The highest BCUT2D eigenvalue weighted by atomic mass is 16.3. The van der Waals surface area contributed by atoms with Gasteiger partial charge in [0.2, 0.25) is 0 Å². The summed E-state index contributed by atoms with van der Waals surface area (Å²) in [7, 11) is 0. The fourth-order valence-electron chi connectivity index (χ4n) is 4.77. The molecule has 2 aliphatic rings. The van der Waals surface area contributed by atoms with Crippen LogP contribution < -0.4 is 0 Å². The van der Waals surface area contributed by atoms with Crippen molar-refractivity contribution in [3.8, 4) is 0 Å². The molecule has 25 heavy (non-hydrogen) atoms. The van der Waals surface area contributed by atoms with Gasteiger partial charge in [-0.25, -0.2) is 0 Å². The molecular weight excluding hydrogens is 310 g/mol. The molecule has 2 aromatic carbocycles. The summed E-state index contributed by atoms with van der Waals surface area (Å²) < 4.78 is 0. The molecule has 1 saturated carbocycles. The number of azide groups is 1. The van der Waals surface area contributed by atoms with Crippen LogP contribution in [0.25, 0.3) is 10.4 Å². The average Bonchev–Trinajstić information content (AvgIpc) is 2.81. The monoisotopic (exact) mass is 333 g/mol. The van der Waals surface area contributed by atoms with Crippen LogP contribution in [0.15, 0.2) is 53.6 Å². The SMILES string of the molecule is [N-]=[N+]=N[C@@H]1CCCC(C2c3ccccc3CCc3ccccc32)[C@H]1O. The van der Waals surface area contributed by atoms with Crippen molar-refractivity contribution in [1.82, 2.24) is 0 Å². The van der Waals surface area contributed by atoms with Crippen molar-refractivity contribution in [3.63, 3.8) is 0 Å². The molecule has 0 aliphatic heterocycles. The standard InChI is InChI=1S/C21H23N3O/c22-24-23-19-11-5-10-18(21(19)25)20-16-8-3-1-6-14(16)12-13-15-7-2-4-9-17(15)20/h1-4,6-9,18-21,25H,5,10-13H2/t18?,19-,21-/m1/s1. The van der Waals surface area contributed by atoms with Crippen LogP contribution in [0.5, 0.6) is 0 Å². The topological polar surface area (TPSA) is 69.0 Å². The van der Waals surface area contributed by atoms with Gasteiger partial charge in [-0.3, -0.25) is 0 Å². The second kappa shape index (κ2) is 6.91. The fraction of sp³-hybridized carbons (Fsp3) is 0.429. The molecule has 0 saturated heterocycles. The predicted octanol–water partition coefficient (Wildman–Crippen LogP) is 4.76. The Kier molecular flexibility index (Phi) is 4.48. The van der Waals surface area contributed by atoms with Gasteiger partial charge < -0.3 is 5.11 Å². The zero-order valence-electron chi connectivity index (χ0n) is 14.3. The van der Waals surface area contributed by atoms with Crippen molar-refractivity contribution in [1.29, 1.82) is 0 Å². The van der Waals surface area contributed by atoms with Gasteiger partial charge in [0, 0.05) is 10.8 Å². The van der Waals surface area contributed by atoms with E-state index in [4.69, 9.17) is 5.53 Å². The van der Waals surface area contributed by atoms with Crippen LogP contribution in [-0.2, 0) is 12.8 Å². The summed E-state index contributed by atoms with van der Waals surface area (Å²) in [5.41, 5.74) is 14.3. The molecule has 0 spiro atoms. The van der Waals surface area contributed by atoms with E-state index >= 15 is 0 Å².